The second-order valence-corrected chi connectivity index (χ2v) is 5.68. The molecule has 0 saturated carbocycles. The Morgan fingerprint density at radius 3 is 2.52 bits per heavy atom. The van der Waals surface area contributed by atoms with Crippen LogP contribution in [0.3, 0.4) is 0 Å². The number of benzene rings is 2. The first-order valence-electron chi connectivity index (χ1n) is 8.03. The maximum Gasteiger partial charge on any atom is 0.261 e. The number of para-hydroxylation sites is 1. The SMILES string of the molecule is CCN(C(=O)Cn1c(C)nc2ccccc2c1=O)c1ccc(F)cc1. The van der Waals surface area contributed by atoms with E-state index in [0.29, 0.717) is 29.0 Å². The third-order valence-electron chi connectivity index (χ3n) is 4.10. The van der Waals surface area contributed by atoms with Gasteiger partial charge in [-0.25, -0.2) is 9.37 Å². The molecule has 0 spiro atoms. The second-order valence-electron chi connectivity index (χ2n) is 5.68. The molecule has 0 aliphatic heterocycles. The zero-order valence-electron chi connectivity index (χ0n) is 14.1. The van der Waals surface area contributed by atoms with Gasteiger partial charge in [0.05, 0.1) is 10.9 Å². The number of anilines is 1. The lowest BCUT2D eigenvalue weighted by atomic mass is 10.2. The number of carbonyl (C=O) groups is 1. The molecule has 0 unspecified atom stereocenters. The summed E-state index contributed by atoms with van der Waals surface area (Å²) in [6, 6.07) is 12.8. The van der Waals surface area contributed by atoms with E-state index < -0.39 is 0 Å². The fourth-order valence-corrected chi connectivity index (χ4v) is 2.81. The molecule has 2 aromatic carbocycles. The molecular formula is C19H18FN3O2. The summed E-state index contributed by atoms with van der Waals surface area (Å²) < 4.78 is 14.5. The van der Waals surface area contributed by atoms with Gasteiger partial charge in [-0.05, 0) is 50.2 Å². The van der Waals surface area contributed by atoms with Crippen molar-refractivity contribution in [3.63, 3.8) is 0 Å². The molecular weight excluding hydrogens is 321 g/mol. The van der Waals surface area contributed by atoms with E-state index in [1.807, 2.05) is 13.0 Å². The number of likely N-dealkylation sites (N-methyl/N-ethyl adjacent to an activating group) is 1. The Labute approximate surface area is 144 Å². The van der Waals surface area contributed by atoms with E-state index in [2.05, 4.69) is 4.98 Å². The monoisotopic (exact) mass is 339 g/mol. The number of rotatable bonds is 4. The molecule has 6 heteroatoms. The number of amides is 1. The van der Waals surface area contributed by atoms with Gasteiger partial charge in [0.2, 0.25) is 5.91 Å². The van der Waals surface area contributed by atoms with Gasteiger partial charge < -0.3 is 4.90 Å². The van der Waals surface area contributed by atoms with E-state index in [9.17, 15) is 14.0 Å². The minimum Gasteiger partial charge on any atom is -0.311 e. The van der Waals surface area contributed by atoms with Crippen molar-refractivity contribution in [2.24, 2.45) is 0 Å². The van der Waals surface area contributed by atoms with E-state index in [1.165, 1.54) is 21.6 Å². The van der Waals surface area contributed by atoms with Gasteiger partial charge in [-0.2, -0.15) is 0 Å². The highest BCUT2D eigenvalue weighted by Gasteiger charge is 2.17. The average molecular weight is 339 g/mol. The van der Waals surface area contributed by atoms with Crippen LogP contribution in [-0.4, -0.2) is 22.0 Å². The largest absolute Gasteiger partial charge is 0.311 e. The molecule has 3 aromatic rings. The van der Waals surface area contributed by atoms with Crippen LogP contribution < -0.4 is 10.5 Å². The van der Waals surface area contributed by atoms with Crippen LogP contribution in [0.15, 0.2) is 53.3 Å². The summed E-state index contributed by atoms with van der Waals surface area (Å²) in [5.74, 6) is -0.137. The predicted molar refractivity (Wildman–Crippen MR) is 95.2 cm³/mol. The summed E-state index contributed by atoms with van der Waals surface area (Å²) in [7, 11) is 0. The summed E-state index contributed by atoms with van der Waals surface area (Å²) in [6.07, 6.45) is 0. The summed E-state index contributed by atoms with van der Waals surface area (Å²) >= 11 is 0. The molecule has 1 heterocycles. The highest BCUT2D eigenvalue weighted by atomic mass is 19.1. The van der Waals surface area contributed by atoms with Crippen LogP contribution in [0.5, 0.6) is 0 Å². The van der Waals surface area contributed by atoms with Crippen LogP contribution in [0.25, 0.3) is 10.9 Å². The third kappa shape index (κ3) is 3.28. The number of hydrogen-bond acceptors (Lipinski definition) is 3. The number of aryl methyl sites for hydroxylation is 1. The van der Waals surface area contributed by atoms with Crippen molar-refractivity contribution in [2.45, 2.75) is 20.4 Å². The molecule has 0 fully saturated rings. The van der Waals surface area contributed by atoms with Gasteiger partial charge in [-0.3, -0.25) is 14.2 Å². The number of nitrogens with zero attached hydrogens (tertiary/aromatic N) is 3. The first-order chi connectivity index (χ1) is 12.0. The van der Waals surface area contributed by atoms with Gasteiger partial charge in [0.15, 0.2) is 0 Å². The van der Waals surface area contributed by atoms with Crippen LogP contribution in [0, 0.1) is 12.7 Å². The van der Waals surface area contributed by atoms with E-state index in [0.717, 1.165) is 0 Å². The lowest BCUT2D eigenvalue weighted by Gasteiger charge is -2.22. The minimum atomic E-state index is -0.363. The Morgan fingerprint density at radius 1 is 1.16 bits per heavy atom. The van der Waals surface area contributed by atoms with Crippen molar-refractivity contribution in [1.29, 1.82) is 0 Å². The zero-order chi connectivity index (χ0) is 18.0. The predicted octanol–water partition coefficient (Wildman–Crippen LogP) is 2.90. The Kier molecular flexibility index (Phi) is 4.61. The van der Waals surface area contributed by atoms with Crippen LogP contribution in [0.2, 0.25) is 0 Å². The molecule has 0 bridgehead atoms. The standard InChI is InChI=1S/C19H18FN3O2/c1-3-22(15-10-8-14(20)9-11-15)18(24)12-23-13(2)21-17-7-5-4-6-16(17)19(23)25/h4-11H,3,12H2,1-2H3. The molecule has 0 aliphatic carbocycles. The van der Waals surface area contributed by atoms with Crippen molar-refractivity contribution in [1.82, 2.24) is 9.55 Å². The lowest BCUT2D eigenvalue weighted by Crippen LogP contribution is -2.37. The highest BCUT2D eigenvalue weighted by molar-refractivity contribution is 5.93. The Bertz CT molecular complexity index is 980. The van der Waals surface area contributed by atoms with E-state index >= 15 is 0 Å². The minimum absolute atomic E-state index is 0.117. The maximum absolute atomic E-state index is 13.1. The van der Waals surface area contributed by atoms with E-state index in [1.54, 1.807) is 37.3 Å². The number of hydrogen-bond donors (Lipinski definition) is 0. The maximum atomic E-state index is 13.1. The van der Waals surface area contributed by atoms with E-state index in [4.69, 9.17) is 0 Å². The molecule has 0 N–H and O–H groups in total. The van der Waals surface area contributed by atoms with Gasteiger partial charge in [0.1, 0.15) is 18.2 Å². The topological polar surface area (TPSA) is 55.2 Å². The Balaban J connectivity index is 1.95. The van der Waals surface area contributed by atoms with E-state index in [-0.39, 0.29) is 23.8 Å². The van der Waals surface area contributed by atoms with Gasteiger partial charge in [0.25, 0.3) is 5.56 Å². The first kappa shape index (κ1) is 16.8. The molecule has 0 atom stereocenters. The molecule has 0 saturated heterocycles. The smallest absolute Gasteiger partial charge is 0.261 e. The number of carbonyl (C=O) groups excluding carboxylic acids is 1. The van der Waals surface area contributed by atoms with Crippen LogP contribution in [-0.2, 0) is 11.3 Å². The molecule has 3 rings (SSSR count). The van der Waals surface area contributed by atoms with Crippen LogP contribution >= 0.6 is 0 Å². The average Bonchev–Trinajstić information content (AvgIpc) is 2.61. The van der Waals surface area contributed by atoms with Crippen molar-refractivity contribution in [3.8, 4) is 0 Å². The van der Waals surface area contributed by atoms with Crippen molar-refractivity contribution in [3.05, 3.63) is 70.5 Å². The second kappa shape index (κ2) is 6.84. The third-order valence-corrected chi connectivity index (χ3v) is 4.10. The summed E-state index contributed by atoms with van der Waals surface area (Å²) in [5.41, 5.74) is 0.958. The highest BCUT2D eigenvalue weighted by Crippen LogP contribution is 2.15. The van der Waals surface area contributed by atoms with Crippen LogP contribution in [0.1, 0.15) is 12.7 Å². The number of fused-ring (bicyclic) bond motifs is 1. The summed E-state index contributed by atoms with van der Waals surface area (Å²) in [6.45, 7) is 3.83. The number of halogens is 1. The van der Waals surface area contributed by atoms with Gasteiger partial charge in [-0.1, -0.05) is 12.1 Å². The number of aromatic nitrogens is 2. The normalized spacial score (nSPS) is 10.8. The first-order valence-corrected chi connectivity index (χ1v) is 8.03. The van der Waals surface area contributed by atoms with Crippen LogP contribution in [0.4, 0.5) is 10.1 Å². The van der Waals surface area contributed by atoms with Crippen molar-refractivity contribution < 1.29 is 9.18 Å². The molecule has 5 nitrogen and oxygen atoms in total. The molecule has 0 radical (unpaired) electrons. The Hall–Kier alpha value is -3.02. The molecule has 1 aromatic heterocycles. The van der Waals surface area contributed by atoms with Crippen molar-refractivity contribution >= 4 is 22.5 Å². The molecule has 25 heavy (non-hydrogen) atoms. The van der Waals surface area contributed by atoms with Gasteiger partial charge in [0, 0.05) is 12.2 Å². The fourth-order valence-electron chi connectivity index (χ4n) is 2.81. The Morgan fingerprint density at radius 2 is 1.84 bits per heavy atom. The van der Waals surface area contributed by atoms with Gasteiger partial charge in [-0.15, -0.1) is 0 Å². The molecule has 0 aliphatic rings. The van der Waals surface area contributed by atoms with Gasteiger partial charge >= 0.3 is 0 Å². The molecule has 128 valence electrons. The summed E-state index contributed by atoms with van der Waals surface area (Å²) in [4.78, 5) is 31.3. The summed E-state index contributed by atoms with van der Waals surface area (Å²) in [5, 5.41) is 0.478. The quantitative estimate of drug-likeness (QED) is 0.734. The fraction of sp³-hybridized carbons (Fsp3) is 0.211. The molecule has 1 amide bonds. The zero-order valence-corrected chi connectivity index (χ0v) is 14.1. The lowest BCUT2D eigenvalue weighted by molar-refractivity contribution is -0.119. The van der Waals surface area contributed by atoms with Crippen molar-refractivity contribution in [2.75, 3.05) is 11.4 Å².